The van der Waals surface area contributed by atoms with Gasteiger partial charge in [-0.05, 0) is 38.0 Å². The lowest BCUT2D eigenvalue weighted by Crippen LogP contribution is -2.41. The van der Waals surface area contributed by atoms with E-state index < -0.39 is 11.8 Å². The summed E-state index contributed by atoms with van der Waals surface area (Å²) in [5.74, 6) is -0.829. The Morgan fingerprint density at radius 1 is 1.48 bits per heavy atom. The Bertz CT molecular complexity index is 840. The van der Waals surface area contributed by atoms with E-state index in [0.29, 0.717) is 17.8 Å². The Kier molecular flexibility index (Phi) is 4.70. The molecule has 0 spiro atoms. The SMILES string of the molecule is Cc1c(C(=O)O[C@@H]2CCCN(c3ccc(F)cc3C#N)C2)cnn1C. The van der Waals surface area contributed by atoms with Gasteiger partial charge >= 0.3 is 5.97 Å². The van der Waals surface area contributed by atoms with Crippen LogP contribution in [0.15, 0.2) is 24.4 Å². The molecule has 2 aromatic rings. The van der Waals surface area contributed by atoms with Crippen molar-refractivity contribution in [3.8, 4) is 6.07 Å². The topological polar surface area (TPSA) is 71.2 Å². The average molecular weight is 342 g/mol. The van der Waals surface area contributed by atoms with Crippen LogP contribution in [0.25, 0.3) is 0 Å². The number of halogens is 1. The van der Waals surface area contributed by atoms with Gasteiger partial charge < -0.3 is 9.64 Å². The fourth-order valence-corrected chi connectivity index (χ4v) is 3.04. The second-order valence-corrected chi connectivity index (χ2v) is 6.16. The van der Waals surface area contributed by atoms with E-state index in [-0.39, 0.29) is 11.7 Å². The van der Waals surface area contributed by atoms with Crippen LogP contribution >= 0.6 is 0 Å². The molecule has 1 atom stereocenters. The van der Waals surface area contributed by atoms with Crippen LogP contribution in [0, 0.1) is 24.1 Å². The number of carbonyl (C=O) groups excluding carboxylic acids is 1. The van der Waals surface area contributed by atoms with Gasteiger partial charge in [0.05, 0.1) is 24.0 Å². The molecule has 0 saturated carbocycles. The lowest BCUT2D eigenvalue weighted by molar-refractivity contribution is 0.0269. The number of aryl methyl sites for hydroxylation is 1. The monoisotopic (exact) mass is 342 g/mol. The van der Waals surface area contributed by atoms with E-state index in [1.807, 2.05) is 17.9 Å². The van der Waals surface area contributed by atoms with E-state index in [4.69, 9.17) is 4.74 Å². The van der Waals surface area contributed by atoms with Gasteiger partial charge in [-0.1, -0.05) is 0 Å². The molecule has 0 N–H and O–H groups in total. The van der Waals surface area contributed by atoms with Crippen LogP contribution in [-0.2, 0) is 11.8 Å². The van der Waals surface area contributed by atoms with Gasteiger partial charge in [0.1, 0.15) is 23.6 Å². The van der Waals surface area contributed by atoms with Crippen LogP contribution in [0.4, 0.5) is 10.1 Å². The molecule has 1 aliphatic rings. The molecule has 1 aromatic carbocycles. The van der Waals surface area contributed by atoms with Gasteiger partial charge in [0.2, 0.25) is 0 Å². The first-order valence-electron chi connectivity index (χ1n) is 8.13. The Balaban J connectivity index is 1.73. The molecule has 0 aliphatic carbocycles. The molecule has 1 aliphatic heterocycles. The van der Waals surface area contributed by atoms with Gasteiger partial charge in [-0.2, -0.15) is 10.4 Å². The minimum atomic E-state index is -0.438. The van der Waals surface area contributed by atoms with E-state index in [1.165, 1.54) is 18.3 Å². The predicted molar refractivity (Wildman–Crippen MR) is 89.7 cm³/mol. The van der Waals surface area contributed by atoms with Gasteiger partial charge in [0.15, 0.2) is 0 Å². The zero-order chi connectivity index (χ0) is 18.0. The Morgan fingerprint density at radius 2 is 2.28 bits per heavy atom. The second kappa shape index (κ2) is 6.93. The maximum absolute atomic E-state index is 13.3. The van der Waals surface area contributed by atoms with Crippen LogP contribution in [0.1, 0.15) is 34.5 Å². The first-order chi connectivity index (χ1) is 12.0. The normalized spacial score (nSPS) is 17.2. The van der Waals surface area contributed by atoms with Crippen molar-refractivity contribution in [3.05, 3.63) is 47.0 Å². The molecule has 0 bridgehead atoms. The van der Waals surface area contributed by atoms with E-state index in [9.17, 15) is 14.4 Å². The lowest BCUT2D eigenvalue weighted by atomic mass is 10.1. The first kappa shape index (κ1) is 17.0. The molecule has 0 unspecified atom stereocenters. The third-order valence-electron chi connectivity index (χ3n) is 4.53. The number of nitrogens with zero attached hydrogens (tertiary/aromatic N) is 4. The second-order valence-electron chi connectivity index (χ2n) is 6.16. The van der Waals surface area contributed by atoms with Crippen molar-refractivity contribution < 1.29 is 13.9 Å². The Labute approximate surface area is 145 Å². The average Bonchev–Trinajstić information content (AvgIpc) is 2.94. The Hall–Kier alpha value is -2.88. The smallest absolute Gasteiger partial charge is 0.341 e. The molecular formula is C18H19FN4O2. The van der Waals surface area contributed by atoms with Crippen LogP contribution in [0.5, 0.6) is 0 Å². The number of piperidine rings is 1. The van der Waals surface area contributed by atoms with E-state index >= 15 is 0 Å². The number of benzene rings is 1. The maximum atomic E-state index is 13.3. The summed E-state index contributed by atoms with van der Waals surface area (Å²) in [5, 5.41) is 13.3. The molecule has 0 amide bonds. The molecule has 1 saturated heterocycles. The minimum Gasteiger partial charge on any atom is -0.457 e. The molecule has 0 radical (unpaired) electrons. The summed E-state index contributed by atoms with van der Waals surface area (Å²) < 4.78 is 20.6. The van der Waals surface area contributed by atoms with Crippen molar-refractivity contribution in [3.63, 3.8) is 0 Å². The van der Waals surface area contributed by atoms with Crippen molar-refractivity contribution in [2.24, 2.45) is 7.05 Å². The third kappa shape index (κ3) is 3.48. The zero-order valence-corrected chi connectivity index (χ0v) is 14.2. The van der Waals surface area contributed by atoms with E-state index in [1.54, 1.807) is 17.8 Å². The van der Waals surface area contributed by atoms with Gasteiger partial charge in [-0.15, -0.1) is 0 Å². The number of ether oxygens (including phenoxy) is 1. The predicted octanol–water partition coefficient (Wildman–Crippen LogP) is 2.57. The molecule has 1 fully saturated rings. The number of anilines is 1. The highest BCUT2D eigenvalue weighted by molar-refractivity contribution is 5.90. The molecule has 3 rings (SSSR count). The summed E-state index contributed by atoms with van der Waals surface area (Å²) in [6.45, 7) is 3.03. The van der Waals surface area contributed by atoms with Crippen LogP contribution < -0.4 is 4.90 Å². The largest absolute Gasteiger partial charge is 0.457 e. The summed E-state index contributed by atoms with van der Waals surface area (Å²) in [7, 11) is 1.77. The Morgan fingerprint density at radius 3 is 2.96 bits per heavy atom. The van der Waals surface area contributed by atoms with Gasteiger partial charge in [-0.25, -0.2) is 9.18 Å². The summed E-state index contributed by atoms with van der Waals surface area (Å²) in [6.07, 6.45) is 2.81. The minimum absolute atomic E-state index is 0.280. The summed E-state index contributed by atoms with van der Waals surface area (Å²) in [6, 6.07) is 6.19. The number of rotatable bonds is 3. The molecule has 25 heavy (non-hydrogen) atoms. The number of aromatic nitrogens is 2. The fourth-order valence-electron chi connectivity index (χ4n) is 3.04. The van der Waals surface area contributed by atoms with Gasteiger partial charge in [-0.3, -0.25) is 4.68 Å². The van der Waals surface area contributed by atoms with Crippen molar-refractivity contribution in [2.45, 2.75) is 25.9 Å². The highest BCUT2D eigenvalue weighted by atomic mass is 19.1. The summed E-state index contributed by atoms with van der Waals surface area (Å²) in [5.41, 5.74) is 2.17. The third-order valence-corrected chi connectivity index (χ3v) is 4.53. The quantitative estimate of drug-likeness (QED) is 0.802. The highest BCUT2D eigenvalue weighted by Crippen LogP contribution is 2.26. The van der Waals surface area contributed by atoms with Crippen molar-refractivity contribution in [1.29, 1.82) is 5.26 Å². The number of hydrogen-bond acceptors (Lipinski definition) is 5. The van der Waals surface area contributed by atoms with Gasteiger partial charge in [0.25, 0.3) is 0 Å². The zero-order valence-electron chi connectivity index (χ0n) is 14.2. The molecule has 130 valence electrons. The van der Waals surface area contributed by atoms with Crippen LogP contribution in [-0.4, -0.2) is 34.9 Å². The number of hydrogen-bond donors (Lipinski definition) is 0. The van der Waals surface area contributed by atoms with Crippen molar-refractivity contribution in [1.82, 2.24) is 9.78 Å². The van der Waals surface area contributed by atoms with Crippen molar-refractivity contribution in [2.75, 3.05) is 18.0 Å². The molecular weight excluding hydrogens is 323 g/mol. The number of nitriles is 1. The van der Waals surface area contributed by atoms with Crippen LogP contribution in [0.2, 0.25) is 0 Å². The standard InChI is InChI=1S/C18H19FN4O2/c1-12-16(10-21-22(12)2)18(24)25-15-4-3-7-23(11-15)17-6-5-14(19)8-13(17)9-20/h5-6,8,10,15H,3-4,7,11H2,1-2H3/t15-/m1/s1. The fraction of sp³-hybridized carbons (Fsp3) is 0.389. The molecule has 6 nitrogen and oxygen atoms in total. The highest BCUT2D eigenvalue weighted by Gasteiger charge is 2.26. The van der Waals surface area contributed by atoms with Crippen molar-refractivity contribution >= 4 is 11.7 Å². The van der Waals surface area contributed by atoms with E-state index in [2.05, 4.69) is 5.10 Å². The molecule has 7 heteroatoms. The van der Waals surface area contributed by atoms with Gasteiger partial charge in [0, 0.05) is 19.3 Å². The molecule has 1 aromatic heterocycles. The number of esters is 1. The molecule has 2 heterocycles. The van der Waals surface area contributed by atoms with Crippen LogP contribution in [0.3, 0.4) is 0 Å². The number of carbonyl (C=O) groups is 1. The first-order valence-corrected chi connectivity index (χ1v) is 8.13. The summed E-state index contributed by atoms with van der Waals surface area (Å²) in [4.78, 5) is 14.3. The summed E-state index contributed by atoms with van der Waals surface area (Å²) >= 11 is 0. The lowest BCUT2D eigenvalue weighted by Gasteiger charge is -2.34. The van der Waals surface area contributed by atoms with E-state index in [0.717, 1.165) is 25.1 Å². The maximum Gasteiger partial charge on any atom is 0.341 e.